The molecule has 0 saturated carbocycles. The second-order valence-corrected chi connectivity index (χ2v) is 7.53. The van der Waals surface area contributed by atoms with Crippen LogP contribution in [0.15, 0.2) is 38.4 Å². The molecule has 24 heavy (non-hydrogen) atoms. The molecular weight excluding hydrogens is 392 g/mol. The van der Waals surface area contributed by atoms with Crippen LogP contribution in [-0.2, 0) is 4.79 Å². The Bertz CT molecular complexity index is 754. The summed E-state index contributed by atoms with van der Waals surface area (Å²) in [6.07, 6.45) is 0. The van der Waals surface area contributed by atoms with Crippen LogP contribution in [0.4, 0.5) is 0 Å². The summed E-state index contributed by atoms with van der Waals surface area (Å²) < 4.78 is 6.51. The zero-order valence-electron chi connectivity index (χ0n) is 13.5. The van der Waals surface area contributed by atoms with E-state index in [1.54, 1.807) is 6.92 Å². The van der Waals surface area contributed by atoms with Crippen LogP contribution in [0.25, 0.3) is 11.5 Å². The Labute approximate surface area is 153 Å². The molecule has 1 unspecified atom stereocenters. The van der Waals surface area contributed by atoms with E-state index in [0.29, 0.717) is 11.1 Å². The van der Waals surface area contributed by atoms with Crippen LogP contribution in [0.3, 0.4) is 0 Å². The van der Waals surface area contributed by atoms with Crippen molar-refractivity contribution in [2.24, 2.45) is 5.92 Å². The summed E-state index contributed by atoms with van der Waals surface area (Å²) in [6, 6.07) is 9.63. The molecule has 1 N–H and O–H groups in total. The first-order valence-electron chi connectivity index (χ1n) is 7.28. The largest absolute Gasteiger partial charge is 0.411 e. The molecule has 8 heteroatoms. The third kappa shape index (κ3) is 4.58. The van der Waals surface area contributed by atoms with Crippen molar-refractivity contribution in [2.75, 3.05) is 5.75 Å². The van der Waals surface area contributed by atoms with Gasteiger partial charge in [-0.1, -0.05) is 41.5 Å². The van der Waals surface area contributed by atoms with E-state index in [-0.39, 0.29) is 17.6 Å². The topological polar surface area (TPSA) is 91.8 Å². The molecule has 0 saturated heterocycles. The van der Waals surface area contributed by atoms with Crippen LogP contribution in [0.5, 0.6) is 0 Å². The lowest BCUT2D eigenvalue weighted by atomic mass is 9.90. The lowest BCUT2D eigenvalue weighted by Crippen LogP contribution is -2.49. The van der Waals surface area contributed by atoms with Crippen LogP contribution >= 0.6 is 27.7 Å². The van der Waals surface area contributed by atoms with Crippen molar-refractivity contribution in [3.63, 3.8) is 0 Å². The van der Waals surface area contributed by atoms with Gasteiger partial charge in [-0.15, -0.1) is 10.2 Å². The van der Waals surface area contributed by atoms with Gasteiger partial charge in [0.1, 0.15) is 5.54 Å². The van der Waals surface area contributed by atoms with Gasteiger partial charge in [-0.3, -0.25) is 4.79 Å². The first-order valence-corrected chi connectivity index (χ1v) is 9.06. The average molecular weight is 409 g/mol. The van der Waals surface area contributed by atoms with E-state index in [1.165, 1.54) is 0 Å². The smallest absolute Gasteiger partial charge is 0.277 e. The zero-order valence-corrected chi connectivity index (χ0v) is 15.9. The number of aromatic nitrogens is 2. The number of halogens is 1. The van der Waals surface area contributed by atoms with Gasteiger partial charge in [-0.2, -0.15) is 5.26 Å². The van der Waals surface area contributed by atoms with Crippen molar-refractivity contribution in [3.8, 4) is 17.5 Å². The summed E-state index contributed by atoms with van der Waals surface area (Å²) in [5.74, 6) is 0.255. The minimum atomic E-state index is -0.894. The number of hydrogen-bond acceptors (Lipinski definition) is 6. The number of thioether (sulfide) groups is 1. The van der Waals surface area contributed by atoms with E-state index in [9.17, 15) is 10.1 Å². The molecule has 0 spiro atoms. The number of carbonyl (C=O) groups excluding carboxylic acids is 1. The Kier molecular flexibility index (Phi) is 6.02. The van der Waals surface area contributed by atoms with E-state index < -0.39 is 5.54 Å². The van der Waals surface area contributed by atoms with Crippen LogP contribution in [-0.4, -0.2) is 27.4 Å². The SMILES string of the molecule is CC(C)C(C)(C#N)NC(=O)CSc1nnc(-c2ccc(Br)cc2)o1. The highest BCUT2D eigenvalue weighted by Crippen LogP contribution is 2.24. The molecule has 2 aromatic rings. The van der Waals surface area contributed by atoms with Gasteiger partial charge in [0.25, 0.3) is 5.22 Å². The number of amides is 1. The normalized spacial score (nSPS) is 13.3. The van der Waals surface area contributed by atoms with Gasteiger partial charge in [0.2, 0.25) is 11.8 Å². The van der Waals surface area contributed by atoms with E-state index >= 15 is 0 Å². The predicted octanol–water partition coefficient (Wildman–Crippen LogP) is 3.65. The van der Waals surface area contributed by atoms with E-state index in [4.69, 9.17) is 4.42 Å². The number of rotatable bonds is 6. The maximum absolute atomic E-state index is 12.0. The molecule has 0 radical (unpaired) electrons. The second kappa shape index (κ2) is 7.81. The molecule has 0 aliphatic rings. The van der Waals surface area contributed by atoms with Crippen LogP contribution < -0.4 is 5.32 Å². The van der Waals surface area contributed by atoms with Gasteiger partial charge in [-0.05, 0) is 37.1 Å². The Balaban J connectivity index is 1.95. The fourth-order valence-electron chi connectivity index (χ4n) is 1.73. The van der Waals surface area contributed by atoms with Crippen molar-refractivity contribution in [1.82, 2.24) is 15.5 Å². The van der Waals surface area contributed by atoms with E-state index in [2.05, 4.69) is 37.5 Å². The minimum Gasteiger partial charge on any atom is -0.411 e. The number of nitrogens with one attached hydrogen (secondary N) is 1. The van der Waals surface area contributed by atoms with Crippen LogP contribution in [0.1, 0.15) is 20.8 Å². The third-order valence-corrected chi connectivity index (χ3v) is 4.96. The highest BCUT2D eigenvalue weighted by atomic mass is 79.9. The number of benzene rings is 1. The van der Waals surface area contributed by atoms with Gasteiger partial charge in [0.15, 0.2) is 0 Å². The fraction of sp³-hybridized carbons (Fsp3) is 0.375. The molecule has 0 aliphatic carbocycles. The van der Waals surface area contributed by atoms with Crippen molar-refractivity contribution in [3.05, 3.63) is 28.7 Å². The van der Waals surface area contributed by atoms with Gasteiger partial charge in [0.05, 0.1) is 11.8 Å². The summed E-state index contributed by atoms with van der Waals surface area (Å²) >= 11 is 4.50. The van der Waals surface area contributed by atoms with E-state index in [0.717, 1.165) is 21.8 Å². The summed E-state index contributed by atoms with van der Waals surface area (Å²) in [7, 11) is 0. The van der Waals surface area contributed by atoms with Crippen LogP contribution in [0.2, 0.25) is 0 Å². The molecule has 126 valence electrons. The fourth-order valence-corrected chi connectivity index (χ4v) is 2.56. The Hall–Kier alpha value is -1.85. The molecule has 0 fully saturated rings. The van der Waals surface area contributed by atoms with Crippen molar-refractivity contribution in [2.45, 2.75) is 31.5 Å². The molecule has 0 aliphatic heterocycles. The molecule has 6 nitrogen and oxygen atoms in total. The number of hydrogen-bond donors (Lipinski definition) is 1. The van der Waals surface area contributed by atoms with E-state index in [1.807, 2.05) is 38.1 Å². The van der Waals surface area contributed by atoms with Crippen molar-refractivity contribution >= 4 is 33.6 Å². The van der Waals surface area contributed by atoms with Gasteiger partial charge < -0.3 is 9.73 Å². The number of nitrogens with zero attached hydrogens (tertiary/aromatic N) is 3. The summed E-state index contributed by atoms with van der Waals surface area (Å²) in [4.78, 5) is 12.0. The Morgan fingerprint density at radius 2 is 2.08 bits per heavy atom. The lowest BCUT2D eigenvalue weighted by Gasteiger charge is -2.27. The molecule has 1 heterocycles. The zero-order chi connectivity index (χ0) is 17.7. The highest BCUT2D eigenvalue weighted by molar-refractivity contribution is 9.10. The quantitative estimate of drug-likeness (QED) is 0.733. The highest BCUT2D eigenvalue weighted by Gasteiger charge is 2.30. The van der Waals surface area contributed by atoms with Gasteiger partial charge in [0, 0.05) is 10.0 Å². The molecular formula is C16H17BrN4O2S. The lowest BCUT2D eigenvalue weighted by molar-refractivity contribution is -0.120. The monoisotopic (exact) mass is 408 g/mol. The molecule has 1 aromatic heterocycles. The molecule has 0 bridgehead atoms. The Morgan fingerprint density at radius 3 is 2.67 bits per heavy atom. The summed E-state index contributed by atoms with van der Waals surface area (Å²) in [5.41, 5.74) is -0.0893. The molecule has 1 atom stereocenters. The van der Waals surface area contributed by atoms with Crippen LogP contribution in [0, 0.1) is 17.2 Å². The number of carbonyl (C=O) groups is 1. The molecule has 1 aromatic carbocycles. The first-order chi connectivity index (χ1) is 11.3. The minimum absolute atomic E-state index is 0.00358. The van der Waals surface area contributed by atoms with Gasteiger partial charge in [-0.25, -0.2) is 0 Å². The predicted molar refractivity (Wildman–Crippen MR) is 95.2 cm³/mol. The summed E-state index contributed by atoms with van der Waals surface area (Å²) in [5, 5.41) is 20.2. The second-order valence-electron chi connectivity index (χ2n) is 5.69. The molecule has 2 rings (SSSR count). The first kappa shape index (κ1) is 18.5. The Morgan fingerprint density at radius 1 is 1.42 bits per heavy atom. The average Bonchev–Trinajstić information content (AvgIpc) is 3.02. The summed E-state index contributed by atoms with van der Waals surface area (Å²) in [6.45, 7) is 5.48. The maximum atomic E-state index is 12.0. The maximum Gasteiger partial charge on any atom is 0.277 e. The van der Waals surface area contributed by atoms with Crippen molar-refractivity contribution < 1.29 is 9.21 Å². The van der Waals surface area contributed by atoms with Crippen molar-refractivity contribution in [1.29, 1.82) is 5.26 Å². The standard InChI is InChI=1S/C16H17BrN4O2S/c1-10(2)16(3,9-18)19-13(22)8-24-15-21-20-14(23-15)11-4-6-12(17)7-5-11/h4-7,10H,8H2,1-3H3,(H,19,22). The number of nitriles is 1. The molecule has 1 amide bonds. The third-order valence-electron chi connectivity index (χ3n) is 3.61. The van der Waals surface area contributed by atoms with Gasteiger partial charge >= 0.3 is 0 Å².